The van der Waals surface area contributed by atoms with Gasteiger partial charge in [0.05, 0.1) is 11.4 Å². The fourth-order valence-electron chi connectivity index (χ4n) is 2.19. The minimum Gasteiger partial charge on any atom is -0.211 e. The second-order valence-corrected chi connectivity index (χ2v) is 4.77. The third-order valence-corrected chi connectivity index (χ3v) is 3.42. The van der Waals surface area contributed by atoms with Crippen molar-refractivity contribution in [2.24, 2.45) is 9.98 Å². The van der Waals surface area contributed by atoms with Crippen molar-refractivity contribution in [1.82, 2.24) is 0 Å². The molecule has 104 valence electrons. The second-order valence-electron chi connectivity index (χ2n) is 4.77. The van der Waals surface area contributed by atoms with E-state index in [1.807, 2.05) is 44.2 Å². The van der Waals surface area contributed by atoms with Gasteiger partial charge in [0.15, 0.2) is 0 Å². The molecule has 0 atom stereocenters. The molecule has 0 N–H and O–H groups in total. The van der Waals surface area contributed by atoms with E-state index in [2.05, 4.69) is 9.98 Å². The molecule has 2 aromatic carbocycles. The zero-order valence-electron chi connectivity index (χ0n) is 11.9. The Morgan fingerprint density at radius 2 is 1.67 bits per heavy atom. The van der Waals surface area contributed by atoms with E-state index in [0.29, 0.717) is 17.8 Å². The van der Waals surface area contributed by atoms with Gasteiger partial charge in [-0.2, -0.15) is 9.98 Å². The number of carbonyl (C=O) groups excluding carboxylic acids is 2. The largest absolute Gasteiger partial charge is 0.240 e. The normalized spacial score (nSPS) is 9.62. The van der Waals surface area contributed by atoms with Crippen LogP contribution in [0.3, 0.4) is 0 Å². The summed E-state index contributed by atoms with van der Waals surface area (Å²) in [7, 11) is 0. The van der Waals surface area contributed by atoms with Crippen LogP contribution >= 0.6 is 0 Å². The second kappa shape index (κ2) is 6.58. The molecule has 0 fully saturated rings. The summed E-state index contributed by atoms with van der Waals surface area (Å²) in [6, 6.07) is 11.4. The number of hydrogen-bond acceptors (Lipinski definition) is 4. The number of aliphatic imine (C=N–C) groups is 2. The molecule has 0 heterocycles. The minimum atomic E-state index is 0.626. The Morgan fingerprint density at radius 1 is 0.952 bits per heavy atom. The lowest BCUT2D eigenvalue weighted by molar-refractivity contribution is 0.564. The first-order valence-electron chi connectivity index (χ1n) is 6.49. The summed E-state index contributed by atoms with van der Waals surface area (Å²) in [6.07, 6.45) is 3.81. The maximum Gasteiger partial charge on any atom is 0.240 e. The smallest absolute Gasteiger partial charge is 0.211 e. The zero-order chi connectivity index (χ0) is 15.2. The molecule has 0 saturated carbocycles. The average Bonchev–Trinajstić information content (AvgIpc) is 2.47. The topological polar surface area (TPSA) is 58.9 Å². The third kappa shape index (κ3) is 3.40. The van der Waals surface area contributed by atoms with E-state index in [9.17, 15) is 9.59 Å². The van der Waals surface area contributed by atoms with Gasteiger partial charge in [-0.3, -0.25) is 0 Å². The van der Waals surface area contributed by atoms with Crippen molar-refractivity contribution in [3.63, 3.8) is 0 Å². The van der Waals surface area contributed by atoms with Crippen LogP contribution < -0.4 is 0 Å². The highest BCUT2D eigenvalue weighted by molar-refractivity contribution is 5.58. The Morgan fingerprint density at radius 3 is 2.38 bits per heavy atom. The molecular weight excluding hydrogens is 264 g/mol. The third-order valence-electron chi connectivity index (χ3n) is 3.42. The van der Waals surface area contributed by atoms with Gasteiger partial charge in [-0.1, -0.05) is 24.3 Å². The van der Waals surface area contributed by atoms with Crippen LogP contribution in [0, 0.1) is 13.8 Å². The van der Waals surface area contributed by atoms with Crippen LogP contribution in [0.4, 0.5) is 11.4 Å². The molecule has 0 aliphatic carbocycles. The Bertz CT molecular complexity index is 768. The lowest BCUT2D eigenvalue weighted by Crippen LogP contribution is -1.92. The standard InChI is InChI=1S/C17H14N2O2/c1-12-6-7-14(9-17(12)19-11-21)8-15-4-3-5-16(13(15)2)18-10-20/h3-7,9H,8H2,1-2H3. The Kier molecular flexibility index (Phi) is 4.57. The first-order valence-corrected chi connectivity index (χ1v) is 6.49. The first-order chi connectivity index (χ1) is 10.2. The van der Waals surface area contributed by atoms with Crippen molar-refractivity contribution in [3.8, 4) is 0 Å². The van der Waals surface area contributed by atoms with Crippen molar-refractivity contribution in [2.45, 2.75) is 20.3 Å². The average molecular weight is 278 g/mol. The Hall–Kier alpha value is -2.80. The molecule has 0 saturated heterocycles. The SMILES string of the molecule is Cc1ccc(Cc2cccc(N=C=O)c2C)cc1N=C=O. The molecule has 0 spiro atoms. The van der Waals surface area contributed by atoms with Crippen LogP contribution in [-0.2, 0) is 16.0 Å². The molecule has 4 nitrogen and oxygen atoms in total. The van der Waals surface area contributed by atoms with Gasteiger partial charge in [0.2, 0.25) is 12.2 Å². The zero-order valence-corrected chi connectivity index (χ0v) is 11.9. The number of aryl methyl sites for hydroxylation is 1. The summed E-state index contributed by atoms with van der Waals surface area (Å²) in [4.78, 5) is 28.2. The number of rotatable bonds is 4. The molecule has 0 bridgehead atoms. The minimum absolute atomic E-state index is 0.626. The van der Waals surface area contributed by atoms with Crippen LogP contribution in [0.1, 0.15) is 22.3 Å². The van der Waals surface area contributed by atoms with Crippen molar-refractivity contribution < 1.29 is 9.59 Å². The molecule has 2 rings (SSSR count). The van der Waals surface area contributed by atoms with Crippen LogP contribution in [0.2, 0.25) is 0 Å². The first kappa shape index (κ1) is 14.6. The number of hydrogen-bond donors (Lipinski definition) is 0. The highest BCUT2D eigenvalue weighted by Crippen LogP contribution is 2.26. The summed E-state index contributed by atoms with van der Waals surface area (Å²) in [5.41, 5.74) is 5.23. The van der Waals surface area contributed by atoms with E-state index in [-0.39, 0.29) is 0 Å². The number of nitrogens with zero attached hydrogens (tertiary/aromatic N) is 2. The lowest BCUT2D eigenvalue weighted by Gasteiger charge is -2.09. The molecular formula is C17H14N2O2. The predicted octanol–water partition coefficient (Wildman–Crippen LogP) is 3.83. The van der Waals surface area contributed by atoms with Crippen LogP contribution in [0.15, 0.2) is 46.4 Å². The highest BCUT2D eigenvalue weighted by atomic mass is 16.1. The molecule has 4 heteroatoms. The molecule has 0 radical (unpaired) electrons. The van der Waals surface area contributed by atoms with E-state index >= 15 is 0 Å². The van der Waals surface area contributed by atoms with E-state index in [4.69, 9.17) is 0 Å². The summed E-state index contributed by atoms with van der Waals surface area (Å²) in [5.74, 6) is 0. The van der Waals surface area contributed by atoms with E-state index in [1.165, 1.54) is 0 Å². The molecule has 0 unspecified atom stereocenters. The van der Waals surface area contributed by atoms with Gasteiger partial charge in [0, 0.05) is 0 Å². The molecule has 0 amide bonds. The van der Waals surface area contributed by atoms with Crippen LogP contribution in [0.5, 0.6) is 0 Å². The molecule has 0 aliphatic rings. The highest BCUT2D eigenvalue weighted by Gasteiger charge is 2.06. The summed E-state index contributed by atoms with van der Waals surface area (Å²) in [6.45, 7) is 3.81. The van der Waals surface area contributed by atoms with Crippen LogP contribution in [0.25, 0.3) is 0 Å². The van der Waals surface area contributed by atoms with Gasteiger partial charge in [-0.05, 0) is 54.7 Å². The van der Waals surface area contributed by atoms with Crippen molar-refractivity contribution in [1.29, 1.82) is 0 Å². The summed E-state index contributed by atoms with van der Waals surface area (Å²) >= 11 is 0. The van der Waals surface area contributed by atoms with Crippen molar-refractivity contribution in [3.05, 3.63) is 58.7 Å². The van der Waals surface area contributed by atoms with Gasteiger partial charge >= 0.3 is 0 Å². The van der Waals surface area contributed by atoms with Gasteiger partial charge < -0.3 is 0 Å². The Balaban J connectivity index is 2.39. The van der Waals surface area contributed by atoms with Crippen LogP contribution in [-0.4, -0.2) is 12.2 Å². The molecule has 21 heavy (non-hydrogen) atoms. The summed E-state index contributed by atoms with van der Waals surface area (Å²) < 4.78 is 0. The van der Waals surface area contributed by atoms with Gasteiger partial charge in [-0.15, -0.1) is 0 Å². The predicted molar refractivity (Wildman–Crippen MR) is 80.7 cm³/mol. The van der Waals surface area contributed by atoms with Gasteiger partial charge in [0.1, 0.15) is 0 Å². The molecule has 0 aliphatic heterocycles. The van der Waals surface area contributed by atoms with Crippen molar-refractivity contribution >= 4 is 23.5 Å². The van der Waals surface area contributed by atoms with Gasteiger partial charge in [0.25, 0.3) is 0 Å². The maximum atomic E-state index is 10.4. The monoisotopic (exact) mass is 278 g/mol. The Labute approximate surface area is 122 Å². The quantitative estimate of drug-likeness (QED) is 0.630. The van der Waals surface area contributed by atoms with Gasteiger partial charge in [-0.25, -0.2) is 9.59 Å². The molecule has 2 aromatic rings. The van der Waals surface area contributed by atoms with E-state index < -0.39 is 0 Å². The van der Waals surface area contributed by atoms with Crippen molar-refractivity contribution in [2.75, 3.05) is 0 Å². The number of benzene rings is 2. The van der Waals surface area contributed by atoms with E-state index in [0.717, 1.165) is 22.3 Å². The number of isocyanates is 2. The fraction of sp³-hybridized carbons (Fsp3) is 0.176. The summed E-state index contributed by atoms with van der Waals surface area (Å²) in [5, 5.41) is 0. The van der Waals surface area contributed by atoms with E-state index in [1.54, 1.807) is 18.2 Å². The lowest BCUT2D eigenvalue weighted by atomic mass is 9.98. The fourth-order valence-corrected chi connectivity index (χ4v) is 2.19. The molecule has 0 aromatic heterocycles. The maximum absolute atomic E-state index is 10.4.